The first-order valence-electron chi connectivity index (χ1n) is 8.79. The van der Waals surface area contributed by atoms with E-state index < -0.39 is 12.1 Å². The van der Waals surface area contributed by atoms with Gasteiger partial charge in [0.15, 0.2) is 5.65 Å². The molecule has 2 N–H and O–H groups in total. The number of hydrogen-bond acceptors (Lipinski definition) is 5. The van der Waals surface area contributed by atoms with Crippen molar-refractivity contribution in [2.75, 3.05) is 12.8 Å². The van der Waals surface area contributed by atoms with E-state index in [-0.39, 0.29) is 22.4 Å². The second-order valence-electron chi connectivity index (χ2n) is 6.81. The zero-order chi connectivity index (χ0) is 21.0. The van der Waals surface area contributed by atoms with Gasteiger partial charge in [-0.25, -0.2) is 18.7 Å². The summed E-state index contributed by atoms with van der Waals surface area (Å²) in [6.07, 6.45) is -1.39. The highest BCUT2D eigenvalue weighted by atomic mass is 19.3. The summed E-state index contributed by atoms with van der Waals surface area (Å²) in [7, 11) is 3.22. The third kappa shape index (κ3) is 2.45. The number of nitrogens with two attached hydrogens (primary N) is 1. The molecule has 0 saturated heterocycles. The molecule has 0 spiro atoms. The van der Waals surface area contributed by atoms with Crippen molar-refractivity contribution in [2.24, 2.45) is 7.05 Å². The number of rotatable bonds is 3. The van der Waals surface area contributed by atoms with E-state index in [0.29, 0.717) is 22.5 Å². The molecule has 0 unspecified atom stereocenters. The van der Waals surface area contributed by atoms with Crippen molar-refractivity contribution in [1.29, 1.82) is 5.26 Å². The van der Waals surface area contributed by atoms with Crippen LogP contribution in [0.5, 0.6) is 5.75 Å². The molecule has 4 rings (SSSR count). The first-order valence-corrected chi connectivity index (χ1v) is 8.79. The molecule has 9 heteroatoms. The van der Waals surface area contributed by atoms with E-state index in [1.54, 1.807) is 23.3 Å². The summed E-state index contributed by atoms with van der Waals surface area (Å²) in [5, 5.41) is 9.75. The third-order valence-electron chi connectivity index (χ3n) is 5.17. The molecular weight excluding hydrogens is 378 g/mol. The number of nitrogens with zero attached hydrogens (tertiary/aromatic N) is 5. The molecule has 0 aliphatic carbocycles. The molecule has 0 fully saturated rings. The molecule has 0 radical (unpaired) electrons. The number of halogens is 2. The Kier molecular flexibility index (Phi) is 4.15. The van der Waals surface area contributed by atoms with Crippen molar-refractivity contribution in [3.8, 4) is 17.5 Å². The predicted octanol–water partition coefficient (Wildman–Crippen LogP) is 3.93. The summed E-state index contributed by atoms with van der Waals surface area (Å²) in [4.78, 5) is 8.47. The van der Waals surface area contributed by atoms with Crippen LogP contribution in [0.2, 0.25) is 0 Å². The summed E-state index contributed by atoms with van der Waals surface area (Å²) in [6.45, 7) is 3.73. The number of anilines is 1. The van der Waals surface area contributed by atoms with Gasteiger partial charge in [0, 0.05) is 18.0 Å². The lowest BCUT2D eigenvalue weighted by Crippen LogP contribution is -2.06. The minimum absolute atomic E-state index is 0.0211. The summed E-state index contributed by atoms with van der Waals surface area (Å²) in [5.74, 6) is 0.676. The number of nitriles is 1. The molecule has 0 atom stereocenters. The van der Waals surface area contributed by atoms with Gasteiger partial charge in [0.05, 0.1) is 24.6 Å². The molecule has 0 saturated carbocycles. The maximum absolute atomic E-state index is 13.9. The molecule has 3 heterocycles. The van der Waals surface area contributed by atoms with Gasteiger partial charge in [0.2, 0.25) is 0 Å². The molecule has 1 aromatic carbocycles. The molecule has 7 nitrogen and oxygen atoms in total. The predicted molar refractivity (Wildman–Crippen MR) is 105 cm³/mol. The van der Waals surface area contributed by atoms with Gasteiger partial charge in [-0.05, 0) is 25.5 Å². The number of aryl methyl sites for hydroxylation is 2. The van der Waals surface area contributed by atoms with Crippen LogP contribution in [0.3, 0.4) is 0 Å². The zero-order valence-electron chi connectivity index (χ0n) is 16.3. The van der Waals surface area contributed by atoms with Gasteiger partial charge in [-0.1, -0.05) is 6.07 Å². The number of alkyl halides is 2. The fourth-order valence-corrected chi connectivity index (χ4v) is 3.84. The number of methoxy groups -OCH3 is 1. The van der Waals surface area contributed by atoms with E-state index in [9.17, 15) is 14.0 Å². The van der Waals surface area contributed by atoms with Gasteiger partial charge in [0.25, 0.3) is 6.43 Å². The Morgan fingerprint density at radius 2 is 2.00 bits per heavy atom. The van der Waals surface area contributed by atoms with E-state index in [0.717, 1.165) is 11.1 Å². The van der Waals surface area contributed by atoms with Crippen LogP contribution in [0.4, 0.5) is 14.6 Å². The molecule has 3 aromatic heterocycles. The molecule has 0 bridgehead atoms. The smallest absolute Gasteiger partial charge is 0.281 e. The van der Waals surface area contributed by atoms with E-state index >= 15 is 0 Å². The first kappa shape index (κ1) is 18.7. The summed E-state index contributed by atoms with van der Waals surface area (Å²) in [5.41, 5.74) is 9.09. The van der Waals surface area contributed by atoms with Crippen LogP contribution >= 0.6 is 0 Å². The number of hydrogen-bond donors (Lipinski definition) is 1. The lowest BCUT2D eigenvalue weighted by molar-refractivity contribution is 0.148. The topological polar surface area (TPSA) is 94.7 Å². The van der Waals surface area contributed by atoms with Crippen LogP contribution in [-0.2, 0) is 7.05 Å². The van der Waals surface area contributed by atoms with Gasteiger partial charge in [-0.3, -0.25) is 4.57 Å². The lowest BCUT2D eigenvalue weighted by Gasteiger charge is -2.17. The van der Waals surface area contributed by atoms with Crippen molar-refractivity contribution < 1.29 is 13.5 Å². The van der Waals surface area contributed by atoms with E-state index in [1.165, 1.54) is 6.33 Å². The monoisotopic (exact) mass is 396 g/mol. The fraction of sp³-hybridized carbons (Fsp3) is 0.250. The van der Waals surface area contributed by atoms with Crippen molar-refractivity contribution in [3.63, 3.8) is 0 Å². The first-order chi connectivity index (χ1) is 13.8. The van der Waals surface area contributed by atoms with E-state index in [1.807, 2.05) is 32.0 Å². The normalized spacial score (nSPS) is 11.5. The van der Waals surface area contributed by atoms with Gasteiger partial charge in [0.1, 0.15) is 34.4 Å². The minimum Gasteiger partial charge on any atom is -0.496 e. The highest BCUT2D eigenvalue weighted by Crippen LogP contribution is 2.41. The number of nitrogen functional groups attached to an aromatic ring is 1. The summed E-state index contributed by atoms with van der Waals surface area (Å²) in [6, 6.07) is 5.65. The van der Waals surface area contributed by atoms with Crippen LogP contribution in [0.25, 0.3) is 27.8 Å². The van der Waals surface area contributed by atoms with Crippen molar-refractivity contribution >= 4 is 27.9 Å². The highest BCUT2D eigenvalue weighted by Gasteiger charge is 2.29. The zero-order valence-corrected chi connectivity index (χ0v) is 16.3. The van der Waals surface area contributed by atoms with Crippen molar-refractivity contribution in [2.45, 2.75) is 20.3 Å². The van der Waals surface area contributed by atoms with Crippen LogP contribution in [-0.4, -0.2) is 26.2 Å². The number of pyridine rings is 1. The largest absolute Gasteiger partial charge is 0.496 e. The fourth-order valence-electron chi connectivity index (χ4n) is 3.84. The standard InChI is InChI=1S/C20H18F2N6O/c1-9-5-6-12(29-4)10(2)16(9)28-17-13(11(7-23)19(28)24)14(18(21)22)26-20-15(17)25-8-27(20)3/h5-6,8,18H,24H2,1-4H3. The molecule has 4 aromatic rings. The molecule has 0 amide bonds. The molecule has 29 heavy (non-hydrogen) atoms. The Labute approximate surface area is 164 Å². The van der Waals surface area contributed by atoms with Gasteiger partial charge in [-0.15, -0.1) is 0 Å². The second kappa shape index (κ2) is 6.44. The van der Waals surface area contributed by atoms with Gasteiger partial charge in [-0.2, -0.15) is 5.26 Å². The maximum Gasteiger partial charge on any atom is 0.281 e. The Morgan fingerprint density at radius 1 is 1.28 bits per heavy atom. The second-order valence-corrected chi connectivity index (χ2v) is 6.81. The van der Waals surface area contributed by atoms with Crippen LogP contribution in [0.1, 0.15) is 28.8 Å². The maximum atomic E-state index is 13.9. The number of imidazole rings is 1. The Bertz CT molecular complexity index is 1330. The molecule has 148 valence electrons. The molecule has 0 aliphatic heterocycles. The number of fused-ring (bicyclic) bond motifs is 3. The Hall–Kier alpha value is -3.67. The average Bonchev–Trinajstić information content (AvgIpc) is 3.19. The molecule has 0 aliphatic rings. The Balaban J connectivity index is 2.32. The van der Waals surface area contributed by atoms with Gasteiger partial charge >= 0.3 is 0 Å². The highest BCUT2D eigenvalue weighted by molar-refractivity contribution is 6.08. The van der Waals surface area contributed by atoms with E-state index in [4.69, 9.17) is 10.5 Å². The van der Waals surface area contributed by atoms with Crippen molar-refractivity contribution in [1.82, 2.24) is 19.1 Å². The number of ether oxygens (including phenoxy) is 1. The summed E-state index contributed by atoms with van der Waals surface area (Å²) >= 11 is 0. The number of benzene rings is 1. The molecular formula is C20H18F2N6O. The average molecular weight is 396 g/mol. The van der Waals surface area contributed by atoms with Crippen LogP contribution < -0.4 is 10.5 Å². The van der Waals surface area contributed by atoms with Crippen LogP contribution in [0.15, 0.2) is 18.5 Å². The summed E-state index contributed by atoms with van der Waals surface area (Å²) < 4.78 is 36.5. The van der Waals surface area contributed by atoms with Gasteiger partial charge < -0.3 is 15.0 Å². The third-order valence-corrected chi connectivity index (χ3v) is 5.17. The Morgan fingerprint density at radius 3 is 2.62 bits per heavy atom. The minimum atomic E-state index is -2.88. The number of aromatic nitrogens is 4. The van der Waals surface area contributed by atoms with Crippen molar-refractivity contribution in [3.05, 3.63) is 40.8 Å². The van der Waals surface area contributed by atoms with E-state index in [2.05, 4.69) is 9.97 Å². The quantitative estimate of drug-likeness (QED) is 0.566. The van der Waals surface area contributed by atoms with Crippen LogP contribution in [0, 0.1) is 25.2 Å². The lowest BCUT2D eigenvalue weighted by atomic mass is 10.1. The SMILES string of the molecule is COc1ccc(C)c(-n2c(N)c(C#N)c3c(C(F)F)nc4c(ncn4C)c32)c1C.